The molecule has 0 spiro atoms. The third-order valence-corrected chi connectivity index (χ3v) is 3.83. The lowest BCUT2D eigenvalue weighted by Crippen LogP contribution is -2.46. The number of ether oxygens (including phenoxy) is 2. The van der Waals surface area contributed by atoms with Crippen LogP contribution in [0.1, 0.15) is 24.2 Å². The van der Waals surface area contributed by atoms with E-state index in [1.54, 1.807) is 37.3 Å². The number of halogens is 1. The van der Waals surface area contributed by atoms with Gasteiger partial charge in [0.1, 0.15) is 11.5 Å². The zero-order valence-electron chi connectivity index (χ0n) is 12.0. The molecule has 0 saturated carbocycles. The van der Waals surface area contributed by atoms with Gasteiger partial charge in [-0.3, -0.25) is 4.79 Å². The molecule has 0 atom stereocenters. The highest BCUT2D eigenvalue weighted by molar-refractivity contribution is 6.18. The smallest absolute Gasteiger partial charge is 0.257 e. The van der Waals surface area contributed by atoms with Crippen molar-refractivity contribution in [2.24, 2.45) is 0 Å². The van der Waals surface area contributed by atoms with Crippen LogP contribution in [0.25, 0.3) is 0 Å². The van der Waals surface area contributed by atoms with Crippen LogP contribution in [0.4, 0.5) is 0 Å². The second-order valence-corrected chi connectivity index (χ2v) is 5.14. The molecular formula is C14H20ClNO3. The van der Waals surface area contributed by atoms with Gasteiger partial charge in [0.05, 0.1) is 25.3 Å². The van der Waals surface area contributed by atoms with Crippen LogP contribution in [-0.4, -0.2) is 43.5 Å². The van der Waals surface area contributed by atoms with Gasteiger partial charge < -0.3 is 14.4 Å². The van der Waals surface area contributed by atoms with Crippen LogP contribution < -0.4 is 9.47 Å². The van der Waals surface area contributed by atoms with E-state index in [0.717, 1.165) is 0 Å². The molecule has 0 N–H and O–H groups in total. The Kier molecular flexibility index (Phi) is 5.06. The Bertz CT molecular complexity index is 460. The maximum Gasteiger partial charge on any atom is 0.257 e. The van der Waals surface area contributed by atoms with E-state index in [2.05, 4.69) is 0 Å². The fourth-order valence-corrected chi connectivity index (χ4v) is 1.71. The molecule has 0 unspecified atom stereocenters. The zero-order chi connectivity index (χ0) is 14.6. The first kappa shape index (κ1) is 15.6. The Morgan fingerprint density at radius 3 is 2.42 bits per heavy atom. The SMILES string of the molecule is COc1ccc(OC)c(C(=O)N(C)C(C)(C)CCl)c1. The van der Waals surface area contributed by atoms with Crippen molar-refractivity contribution in [1.29, 1.82) is 0 Å². The summed E-state index contributed by atoms with van der Waals surface area (Å²) in [5.74, 6) is 1.33. The molecule has 0 saturated heterocycles. The third kappa shape index (κ3) is 3.32. The molecule has 0 heterocycles. The maximum atomic E-state index is 12.5. The number of benzene rings is 1. The van der Waals surface area contributed by atoms with Gasteiger partial charge in [0.25, 0.3) is 5.91 Å². The number of amides is 1. The van der Waals surface area contributed by atoms with Crippen molar-refractivity contribution in [3.8, 4) is 11.5 Å². The number of carbonyl (C=O) groups is 1. The highest BCUT2D eigenvalue weighted by atomic mass is 35.5. The summed E-state index contributed by atoms with van der Waals surface area (Å²) in [7, 11) is 4.82. The van der Waals surface area contributed by atoms with E-state index in [9.17, 15) is 4.79 Å². The van der Waals surface area contributed by atoms with Crippen molar-refractivity contribution in [3.05, 3.63) is 23.8 Å². The fourth-order valence-electron chi connectivity index (χ4n) is 1.53. The molecule has 0 aliphatic heterocycles. The van der Waals surface area contributed by atoms with Crippen LogP contribution in [0.3, 0.4) is 0 Å². The number of rotatable bonds is 5. The fraction of sp³-hybridized carbons (Fsp3) is 0.500. The number of carbonyl (C=O) groups excluding carboxylic acids is 1. The van der Waals surface area contributed by atoms with E-state index in [1.165, 1.54) is 7.11 Å². The summed E-state index contributed by atoms with van der Waals surface area (Å²) in [6, 6.07) is 5.14. The molecule has 1 rings (SSSR count). The van der Waals surface area contributed by atoms with Crippen LogP contribution in [0.5, 0.6) is 11.5 Å². The van der Waals surface area contributed by atoms with Crippen molar-refractivity contribution < 1.29 is 14.3 Å². The highest BCUT2D eigenvalue weighted by Gasteiger charge is 2.29. The van der Waals surface area contributed by atoms with Gasteiger partial charge in [-0.25, -0.2) is 0 Å². The summed E-state index contributed by atoms with van der Waals surface area (Å²) < 4.78 is 10.4. The average molecular weight is 286 g/mol. The van der Waals surface area contributed by atoms with Gasteiger partial charge in [-0.1, -0.05) is 0 Å². The number of nitrogens with zero attached hydrogens (tertiary/aromatic N) is 1. The van der Waals surface area contributed by atoms with Crippen LogP contribution in [0.15, 0.2) is 18.2 Å². The molecule has 0 fully saturated rings. The van der Waals surface area contributed by atoms with Gasteiger partial charge in [0, 0.05) is 12.9 Å². The lowest BCUT2D eigenvalue weighted by Gasteiger charge is -2.34. The summed E-state index contributed by atoms with van der Waals surface area (Å²) in [4.78, 5) is 14.1. The molecule has 0 aliphatic rings. The molecule has 106 valence electrons. The molecule has 0 radical (unpaired) electrons. The minimum atomic E-state index is -0.438. The third-order valence-electron chi connectivity index (χ3n) is 3.18. The Morgan fingerprint density at radius 1 is 1.32 bits per heavy atom. The summed E-state index contributed by atoms with van der Waals surface area (Å²) in [5, 5.41) is 0. The summed E-state index contributed by atoms with van der Waals surface area (Å²) in [6.07, 6.45) is 0. The maximum absolute atomic E-state index is 12.5. The standard InChI is InChI=1S/C14H20ClNO3/c1-14(2,9-15)16(3)13(17)11-8-10(18-4)6-7-12(11)19-5/h6-8H,9H2,1-5H3. The second kappa shape index (κ2) is 6.15. The Balaban J connectivity index is 3.17. The average Bonchev–Trinajstić information content (AvgIpc) is 2.44. The van der Waals surface area contributed by atoms with E-state index in [4.69, 9.17) is 21.1 Å². The molecule has 4 nitrogen and oxygen atoms in total. The van der Waals surface area contributed by atoms with Gasteiger partial charge in [-0.15, -0.1) is 11.6 Å². The van der Waals surface area contributed by atoms with Crippen LogP contribution in [-0.2, 0) is 0 Å². The van der Waals surface area contributed by atoms with Crippen LogP contribution in [0.2, 0.25) is 0 Å². The van der Waals surface area contributed by atoms with Crippen LogP contribution in [0, 0.1) is 0 Å². The molecule has 0 bridgehead atoms. The summed E-state index contributed by atoms with van der Waals surface area (Å²) in [5.41, 5.74) is 0.0229. The van der Waals surface area contributed by atoms with Crippen molar-refractivity contribution in [2.45, 2.75) is 19.4 Å². The second-order valence-electron chi connectivity index (χ2n) is 4.88. The van der Waals surface area contributed by atoms with Crippen molar-refractivity contribution in [3.63, 3.8) is 0 Å². The van der Waals surface area contributed by atoms with Gasteiger partial charge in [-0.05, 0) is 32.0 Å². The highest BCUT2D eigenvalue weighted by Crippen LogP contribution is 2.27. The number of methoxy groups -OCH3 is 2. The summed E-state index contributed by atoms with van der Waals surface area (Å²) in [6.45, 7) is 3.81. The van der Waals surface area contributed by atoms with E-state index < -0.39 is 5.54 Å². The largest absolute Gasteiger partial charge is 0.497 e. The first-order valence-electron chi connectivity index (χ1n) is 5.93. The van der Waals surface area contributed by atoms with E-state index in [1.807, 2.05) is 13.8 Å². The first-order valence-corrected chi connectivity index (χ1v) is 6.47. The number of hydrogen-bond acceptors (Lipinski definition) is 3. The van der Waals surface area contributed by atoms with E-state index >= 15 is 0 Å². The van der Waals surface area contributed by atoms with Gasteiger partial charge in [-0.2, -0.15) is 0 Å². The lowest BCUT2D eigenvalue weighted by atomic mass is 10.0. The van der Waals surface area contributed by atoms with Gasteiger partial charge in [0.15, 0.2) is 0 Å². The van der Waals surface area contributed by atoms with Crippen molar-refractivity contribution in [2.75, 3.05) is 27.1 Å². The monoisotopic (exact) mass is 285 g/mol. The van der Waals surface area contributed by atoms with Gasteiger partial charge >= 0.3 is 0 Å². The van der Waals surface area contributed by atoms with Crippen molar-refractivity contribution >= 4 is 17.5 Å². The molecule has 1 aromatic rings. The zero-order valence-corrected chi connectivity index (χ0v) is 12.7. The predicted molar refractivity (Wildman–Crippen MR) is 76.4 cm³/mol. The molecule has 1 amide bonds. The topological polar surface area (TPSA) is 38.8 Å². The first-order chi connectivity index (χ1) is 8.87. The van der Waals surface area contributed by atoms with E-state index in [0.29, 0.717) is 22.9 Å². The quantitative estimate of drug-likeness (QED) is 0.781. The Labute approximate surface area is 119 Å². The predicted octanol–water partition coefficient (Wildman–Crippen LogP) is 2.79. The minimum Gasteiger partial charge on any atom is -0.497 e. The van der Waals surface area contributed by atoms with Crippen LogP contribution >= 0.6 is 11.6 Å². The number of hydrogen-bond donors (Lipinski definition) is 0. The minimum absolute atomic E-state index is 0.151. The van der Waals surface area contributed by atoms with E-state index in [-0.39, 0.29) is 5.91 Å². The normalized spacial score (nSPS) is 11.1. The number of alkyl halides is 1. The molecular weight excluding hydrogens is 266 g/mol. The molecule has 0 aromatic heterocycles. The molecule has 5 heteroatoms. The van der Waals surface area contributed by atoms with Gasteiger partial charge in [0.2, 0.25) is 0 Å². The molecule has 1 aromatic carbocycles. The molecule has 0 aliphatic carbocycles. The Hall–Kier alpha value is -1.42. The molecule has 19 heavy (non-hydrogen) atoms. The summed E-state index contributed by atoms with van der Waals surface area (Å²) >= 11 is 5.90. The van der Waals surface area contributed by atoms with Crippen molar-refractivity contribution in [1.82, 2.24) is 4.90 Å². The Morgan fingerprint density at radius 2 is 1.95 bits per heavy atom. The lowest BCUT2D eigenvalue weighted by molar-refractivity contribution is 0.0656.